The van der Waals surface area contributed by atoms with Crippen LogP contribution in [0.4, 0.5) is 5.69 Å². The van der Waals surface area contributed by atoms with Crippen LogP contribution in [0.25, 0.3) is 0 Å². The summed E-state index contributed by atoms with van der Waals surface area (Å²) >= 11 is 6.29. The molecule has 1 N–H and O–H groups in total. The number of hydrogen-bond donors (Lipinski definition) is 1. The van der Waals surface area contributed by atoms with Gasteiger partial charge in [-0.05, 0) is 36.1 Å². The molecule has 1 aliphatic heterocycles. The van der Waals surface area contributed by atoms with E-state index in [0.717, 1.165) is 23.0 Å². The van der Waals surface area contributed by atoms with E-state index in [1.807, 2.05) is 6.07 Å². The fourth-order valence-corrected chi connectivity index (χ4v) is 3.83. The molecule has 0 amide bonds. The molecule has 0 radical (unpaired) electrons. The number of benzene rings is 2. The van der Waals surface area contributed by atoms with Gasteiger partial charge < -0.3 is 10.1 Å². The second-order valence-electron chi connectivity index (χ2n) is 6.35. The number of halogens is 1. The molecule has 2 aliphatic rings. The standard InChI is InChI=1S/C19H20ClNO/c20-16-9-10-18-17(11-16)19(22-13-21-18,12-14-5-4-6-14)15-7-2-1-3-8-15/h1-3,7-11,14,21H,4-6,12-13H2. The van der Waals surface area contributed by atoms with E-state index in [0.29, 0.717) is 6.73 Å². The second-order valence-corrected chi connectivity index (χ2v) is 6.79. The number of hydrogen-bond acceptors (Lipinski definition) is 2. The molecule has 2 aromatic carbocycles. The molecule has 0 aromatic heterocycles. The van der Waals surface area contributed by atoms with E-state index in [9.17, 15) is 0 Å². The molecular weight excluding hydrogens is 294 g/mol. The molecule has 1 saturated carbocycles. The van der Waals surface area contributed by atoms with Crippen molar-refractivity contribution in [3.8, 4) is 0 Å². The van der Waals surface area contributed by atoms with Gasteiger partial charge >= 0.3 is 0 Å². The van der Waals surface area contributed by atoms with Crippen molar-refractivity contribution < 1.29 is 4.74 Å². The van der Waals surface area contributed by atoms with E-state index in [2.05, 4.69) is 47.8 Å². The molecule has 1 atom stereocenters. The van der Waals surface area contributed by atoms with Gasteiger partial charge in [-0.25, -0.2) is 0 Å². The minimum atomic E-state index is -0.377. The molecule has 2 nitrogen and oxygen atoms in total. The van der Waals surface area contributed by atoms with Gasteiger partial charge in [0, 0.05) is 16.3 Å². The van der Waals surface area contributed by atoms with E-state index < -0.39 is 0 Å². The zero-order chi connectivity index (χ0) is 15.0. The third kappa shape index (κ3) is 2.31. The topological polar surface area (TPSA) is 21.3 Å². The normalized spacial score (nSPS) is 24.2. The zero-order valence-corrected chi connectivity index (χ0v) is 13.3. The highest BCUT2D eigenvalue weighted by atomic mass is 35.5. The fraction of sp³-hybridized carbons (Fsp3) is 0.368. The lowest BCUT2D eigenvalue weighted by molar-refractivity contribution is -0.0406. The second kappa shape index (κ2) is 5.60. The van der Waals surface area contributed by atoms with Gasteiger partial charge in [-0.2, -0.15) is 0 Å². The Hall–Kier alpha value is -1.51. The molecule has 0 spiro atoms. The SMILES string of the molecule is Clc1ccc2c(c1)C(CC1CCC1)(c1ccccc1)OCN2. The number of nitrogens with one attached hydrogen (secondary N) is 1. The lowest BCUT2D eigenvalue weighted by Crippen LogP contribution is -2.40. The largest absolute Gasteiger partial charge is 0.362 e. The predicted octanol–water partition coefficient (Wildman–Crippen LogP) is 5.17. The van der Waals surface area contributed by atoms with Gasteiger partial charge in [0.15, 0.2) is 0 Å². The third-order valence-corrected chi connectivity index (χ3v) is 5.27. The molecule has 1 unspecified atom stereocenters. The number of fused-ring (bicyclic) bond motifs is 1. The molecule has 0 saturated heterocycles. The predicted molar refractivity (Wildman–Crippen MR) is 90.2 cm³/mol. The highest BCUT2D eigenvalue weighted by molar-refractivity contribution is 6.30. The van der Waals surface area contributed by atoms with Crippen LogP contribution in [0.5, 0.6) is 0 Å². The van der Waals surface area contributed by atoms with Crippen molar-refractivity contribution in [1.29, 1.82) is 0 Å². The lowest BCUT2D eigenvalue weighted by Gasteiger charge is -2.44. The highest BCUT2D eigenvalue weighted by Crippen LogP contribution is 2.48. The Morgan fingerprint density at radius 1 is 1.14 bits per heavy atom. The van der Waals surface area contributed by atoms with Gasteiger partial charge in [-0.1, -0.05) is 61.2 Å². The van der Waals surface area contributed by atoms with Crippen molar-refractivity contribution in [2.75, 3.05) is 12.0 Å². The van der Waals surface area contributed by atoms with Crippen molar-refractivity contribution in [1.82, 2.24) is 0 Å². The van der Waals surface area contributed by atoms with Crippen LogP contribution in [-0.4, -0.2) is 6.73 Å². The fourth-order valence-electron chi connectivity index (χ4n) is 3.66. The maximum atomic E-state index is 6.37. The van der Waals surface area contributed by atoms with E-state index >= 15 is 0 Å². The molecule has 1 heterocycles. The quantitative estimate of drug-likeness (QED) is 0.843. The van der Waals surface area contributed by atoms with Gasteiger partial charge in [-0.15, -0.1) is 0 Å². The van der Waals surface area contributed by atoms with Crippen LogP contribution in [0.15, 0.2) is 48.5 Å². The number of rotatable bonds is 3. The van der Waals surface area contributed by atoms with Crippen molar-refractivity contribution in [2.24, 2.45) is 5.92 Å². The zero-order valence-electron chi connectivity index (χ0n) is 12.5. The van der Waals surface area contributed by atoms with Gasteiger partial charge in [0.1, 0.15) is 12.3 Å². The lowest BCUT2D eigenvalue weighted by atomic mass is 9.71. The van der Waals surface area contributed by atoms with Crippen LogP contribution in [0.3, 0.4) is 0 Å². The summed E-state index contributed by atoms with van der Waals surface area (Å²) in [6.07, 6.45) is 4.99. The highest BCUT2D eigenvalue weighted by Gasteiger charge is 2.42. The Labute approximate surface area is 136 Å². The Bertz CT molecular complexity index is 668. The first-order chi connectivity index (χ1) is 10.8. The molecule has 22 heavy (non-hydrogen) atoms. The summed E-state index contributed by atoms with van der Waals surface area (Å²) < 4.78 is 6.37. The Kier molecular flexibility index (Phi) is 3.59. The number of ether oxygens (including phenoxy) is 1. The summed E-state index contributed by atoms with van der Waals surface area (Å²) in [5, 5.41) is 4.11. The summed E-state index contributed by atoms with van der Waals surface area (Å²) in [4.78, 5) is 0. The molecule has 1 fully saturated rings. The van der Waals surface area contributed by atoms with Crippen molar-refractivity contribution in [2.45, 2.75) is 31.3 Å². The van der Waals surface area contributed by atoms with Crippen LogP contribution >= 0.6 is 11.6 Å². The maximum Gasteiger partial charge on any atom is 0.123 e. The van der Waals surface area contributed by atoms with Crippen LogP contribution in [0.2, 0.25) is 5.02 Å². The summed E-state index contributed by atoms with van der Waals surface area (Å²) in [6.45, 7) is 0.538. The molecule has 114 valence electrons. The van der Waals surface area contributed by atoms with Crippen molar-refractivity contribution >= 4 is 17.3 Å². The van der Waals surface area contributed by atoms with Gasteiger partial charge in [-0.3, -0.25) is 0 Å². The van der Waals surface area contributed by atoms with E-state index in [1.165, 1.54) is 30.4 Å². The minimum absolute atomic E-state index is 0.377. The summed E-state index contributed by atoms with van der Waals surface area (Å²) in [5.41, 5.74) is 3.16. The van der Waals surface area contributed by atoms with Crippen LogP contribution in [0.1, 0.15) is 36.8 Å². The number of anilines is 1. The van der Waals surface area contributed by atoms with Crippen LogP contribution in [0, 0.1) is 5.92 Å². The minimum Gasteiger partial charge on any atom is -0.362 e. The van der Waals surface area contributed by atoms with E-state index in [1.54, 1.807) is 0 Å². The Balaban J connectivity index is 1.86. The van der Waals surface area contributed by atoms with Crippen LogP contribution < -0.4 is 5.32 Å². The van der Waals surface area contributed by atoms with Crippen molar-refractivity contribution in [3.63, 3.8) is 0 Å². The maximum absolute atomic E-state index is 6.37. The summed E-state index contributed by atoms with van der Waals surface area (Å²) in [6, 6.07) is 16.7. The van der Waals surface area contributed by atoms with E-state index in [-0.39, 0.29) is 5.60 Å². The molecular formula is C19H20ClNO. The molecule has 4 rings (SSSR count). The average molecular weight is 314 g/mol. The average Bonchev–Trinajstić information content (AvgIpc) is 2.52. The van der Waals surface area contributed by atoms with Crippen LogP contribution in [-0.2, 0) is 10.3 Å². The smallest absolute Gasteiger partial charge is 0.123 e. The van der Waals surface area contributed by atoms with E-state index in [4.69, 9.17) is 16.3 Å². The summed E-state index contributed by atoms with van der Waals surface area (Å²) in [5.74, 6) is 0.741. The summed E-state index contributed by atoms with van der Waals surface area (Å²) in [7, 11) is 0. The monoisotopic (exact) mass is 313 g/mol. The van der Waals surface area contributed by atoms with Gasteiger partial charge in [0.2, 0.25) is 0 Å². The molecule has 1 aliphatic carbocycles. The third-order valence-electron chi connectivity index (χ3n) is 5.04. The van der Waals surface area contributed by atoms with Gasteiger partial charge in [0.25, 0.3) is 0 Å². The Morgan fingerprint density at radius 3 is 2.68 bits per heavy atom. The first-order valence-electron chi connectivity index (χ1n) is 8.01. The molecule has 0 bridgehead atoms. The van der Waals surface area contributed by atoms with Crippen molar-refractivity contribution in [3.05, 3.63) is 64.7 Å². The Morgan fingerprint density at radius 2 is 1.95 bits per heavy atom. The molecule has 3 heteroatoms. The first-order valence-corrected chi connectivity index (χ1v) is 8.39. The molecule has 2 aromatic rings. The van der Waals surface area contributed by atoms with Gasteiger partial charge in [0.05, 0.1) is 0 Å². The first kappa shape index (κ1) is 14.1.